The molecule has 0 aliphatic carbocycles. The van der Waals surface area contributed by atoms with Crippen molar-refractivity contribution in [1.29, 1.82) is 0 Å². The fraction of sp³-hybridized carbons (Fsp3) is 0.368. The third-order valence-corrected chi connectivity index (χ3v) is 4.92. The third kappa shape index (κ3) is 3.82. The number of benzene rings is 1. The number of piperazine rings is 1. The van der Waals surface area contributed by atoms with E-state index in [4.69, 9.17) is 4.52 Å². The van der Waals surface area contributed by atoms with Crippen molar-refractivity contribution in [3.05, 3.63) is 52.4 Å². The minimum absolute atomic E-state index is 0.166. The highest BCUT2D eigenvalue weighted by Crippen LogP contribution is 2.21. The summed E-state index contributed by atoms with van der Waals surface area (Å²) in [7, 11) is 0. The van der Waals surface area contributed by atoms with Crippen LogP contribution in [0.1, 0.15) is 16.2 Å². The zero-order valence-electron chi connectivity index (χ0n) is 15.7. The lowest BCUT2D eigenvalue weighted by Gasteiger charge is -2.35. The largest absolute Gasteiger partial charge is 0.368 e. The summed E-state index contributed by atoms with van der Waals surface area (Å²) in [5.74, 6) is 0.421. The molecule has 1 amide bonds. The van der Waals surface area contributed by atoms with Crippen LogP contribution >= 0.6 is 0 Å². The Balaban J connectivity index is 1.48. The molecule has 0 atom stereocenters. The number of carbonyl (C=O) groups excluding carboxylic acids is 1. The average molecular weight is 403 g/mol. The number of rotatable bonds is 4. The molecule has 4 rings (SSSR count). The summed E-state index contributed by atoms with van der Waals surface area (Å²) in [5.41, 5.74) is 1.13. The molecule has 10 heteroatoms. The molecule has 1 saturated heterocycles. The van der Waals surface area contributed by atoms with Gasteiger partial charge in [-0.05, 0) is 25.1 Å². The maximum Gasteiger partial charge on any atom is 0.276 e. The molecule has 152 valence electrons. The van der Waals surface area contributed by atoms with Crippen molar-refractivity contribution >= 4 is 22.5 Å². The van der Waals surface area contributed by atoms with Gasteiger partial charge in [-0.15, -0.1) is 0 Å². The van der Waals surface area contributed by atoms with Crippen LogP contribution in [0.3, 0.4) is 0 Å². The summed E-state index contributed by atoms with van der Waals surface area (Å²) in [5, 5.41) is 4.07. The van der Waals surface area contributed by atoms with Crippen LogP contribution in [0.15, 0.2) is 39.9 Å². The lowest BCUT2D eigenvalue weighted by molar-refractivity contribution is 0.0736. The molecule has 0 N–H and O–H groups in total. The molecule has 1 aromatic carbocycles. The van der Waals surface area contributed by atoms with Crippen molar-refractivity contribution in [3.63, 3.8) is 0 Å². The van der Waals surface area contributed by atoms with E-state index in [-0.39, 0.29) is 5.91 Å². The molecule has 1 fully saturated rings. The second-order valence-corrected chi connectivity index (χ2v) is 6.90. The summed E-state index contributed by atoms with van der Waals surface area (Å²) in [6.45, 7) is 3.31. The molecule has 29 heavy (non-hydrogen) atoms. The highest BCUT2D eigenvalue weighted by molar-refractivity contribution is 5.92. The fourth-order valence-corrected chi connectivity index (χ4v) is 3.42. The second-order valence-electron chi connectivity index (χ2n) is 6.90. The van der Waals surface area contributed by atoms with Gasteiger partial charge in [0.25, 0.3) is 17.9 Å². The Labute approximate surface area is 164 Å². The molecular formula is C19H19F2N5O3. The Morgan fingerprint density at radius 2 is 1.97 bits per heavy atom. The maximum atomic E-state index is 12.6. The molecule has 0 spiro atoms. The van der Waals surface area contributed by atoms with E-state index >= 15 is 0 Å². The van der Waals surface area contributed by atoms with Crippen molar-refractivity contribution in [2.24, 2.45) is 0 Å². The van der Waals surface area contributed by atoms with Gasteiger partial charge in [-0.25, -0.2) is 13.8 Å². The molecule has 1 aliphatic heterocycles. The summed E-state index contributed by atoms with van der Waals surface area (Å²) >= 11 is 0. The summed E-state index contributed by atoms with van der Waals surface area (Å²) < 4.78 is 31.0. The molecule has 2 aromatic heterocycles. The Bertz CT molecular complexity index is 1100. The number of hydrogen-bond donors (Lipinski definition) is 0. The second kappa shape index (κ2) is 7.61. The number of anilines is 1. The van der Waals surface area contributed by atoms with Crippen LogP contribution in [-0.4, -0.2) is 58.1 Å². The molecule has 0 radical (unpaired) electrons. The van der Waals surface area contributed by atoms with E-state index in [2.05, 4.69) is 15.0 Å². The molecule has 0 unspecified atom stereocenters. The van der Waals surface area contributed by atoms with Gasteiger partial charge in [0.1, 0.15) is 5.76 Å². The third-order valence-electron chi connectivity index (χ3n) is 4.92. The normalized spacial score (nSPS) is 14.8. The molecule has 8 nitrogen and oxygen atoms in total. The van der Waals surface area contributed by atoms with Crippen LogP contribution < -0.4 is 10.5 Å². The zero-order chi connectivity index (χ0) is 20.5. The van der Waals surface area contributed by atoms with Crippen LogP contribution in [0.4, 0.5) is 14.5 Å². The Morgan fingerprint density at radius 3 is 2.62 bits per heavy atom. The Kier molecular flexibility index (Phi) is 4.99. The molecule has 3 aromatic rings. The van der Waals surface area contributed by atoms with Crippen LogP contribution in [0.25, 0.3) is 10.9 Å². The van der Waals surface area contributed by atoms with Gasteiger partial charge in [-0.2, -0.15) is 0 Å². The first-order chi connectivity index (χ1) is 13.9. The average Bonchev–Trinajstić information content (AvgIpc) is 3.15. The summed E-state index contributed by atoms with van der Waals surface area (Å²) in [4.78, 5) is 32.7. The van der Waals surface area contributed by atoms with Gasteiger partial charge >= 0.3 is 0 Å². The first-order valence-electron chi connectivity index (χ1n) is 9.17. The van der Waals surface area contributed by atoms with Crippen molar-refractivity contribution in [3.8, 4) is 0 Å². The van der Waals surface area contributed by atoms with E-state index in [0.717, 1.165) is 16.6 Å². The van der Waals surface area contributed by atoms with Crippen LogP contribution in [0.5, 0.6) is 0 Å². The van der Waals surface area contributed by atoms with E-state index in [1.54, 1.807) is 36.1 Å². The van der Waals surface area contributed by atoms with Gasteiger partial charge < -0.3 is 14.3 Å². The fourth-order valence-electron chi connectivity index (χ4n) is 3.42. The molecule has 0 saturated carbocycles. The van der Waals surface area contributed by atoms with Crippen molar-refractivity contribution in [2.75, 3.05) is 31.1 Å². The van der Waals surface area contributed by atoms with Crippen LogP contribution in [0.2, 0.25) is 0 Å². The molecule has 0 bridgehead atoms. The van der Waals surface area contributed by atoms with E-state index in [1.165, 1.54) is 0 Å². The van der Waals surface area contributed by atoms with Gasteiger partial charge in [0.2, 0.25) is 0 Å². The van der Waals surface area contributed by atoms with Gasteiger partial charge in [-0.3, -0.25) is 14.2 Å². The zero-order valence-corrected chi connectivity index (χ0v) is 15.7. The smallest absolute Gasteiger partial charge is 0.276 e. The number of alkyl halides is 2. The monoisotopic (exact) mass is 403 g/mol. The van der Waals surface area contributed by atoms with E-state index in [0.29, 0.717) is 48.5 Å². The maximum absolute atomic E-state index is 12.6. The van der Waals surface area contributed by atoms with E-state index in [9.17, 15) is 18.4 Å². The van der Waals surface area contributed by atoms with Crippen LogP contribution in [-0.2, 0) is 6.54 Å². The predicted molar refractivity (Wildman–Crippen MR) is 101 cm³/mol. The van der Waals surface area contributed by atoms with E-state index < -0.39 is 18.5 Å². The first-order valence-corrected chi connectivity index (χ1v) is 9.17. The van der Waals surface area contributed by atoms with Gasteiger partial charge in [0.05, 0.1) is 23.8 Å². The Morgan fingerprint density at radius 1 is 1.21 bits per heavy atom. The number of nitrogens with zero attached hydrogens (tertiary/aromatic N) is 5. The molecular weight excluding hydrogens is 384 g/mol. The standard InChI is InChI=1S/C19H19F2N5O3/c1-12-8-16(23-29-12)19(28)25-6-4-24(5-7-25)13-2-3-14-15(9-13)22-11-26(18(14)27)10-17(20)21/h2-3,8-9,11,17H,4-7,10H2,1H3. The number of fused-ring (bicyclic) bond motifs is 1. The SMILES string of the molecule is Cc1cc(C(=O)N2CCN(c3ccc4c(=O)n(CC(F)F)cnc4c3)CC2)no1. The van der Waals surface area contributed by atoms with E-state index in [1.807, 2.05) is 0 Å². The predicted octanol–water partition coefficient (Wildman–Crippen LogP) is 1.92. The number of amides is 1. The van der Waals surface area contributed by atoms with Gasteiger partial charge in [0.15, 0.2) is 5.69 Å². The topological polar surface area (TPSA) is 84.5 Å². The molecule has 3 heterocycles. The van der Waals surface area contributed by atoms with Gasteiger partial charge in [-0.1, -0.05) is 5.16 Å². The van der Waals surface area contributed by atoms with Crippen LogP contribution in [0, 0.1) is 6.92 Å². The van der Waals surface area contributed by atoms with Crippen molar-refractivity contribution in [1.82, 2.24) is 19.6 Å². The highest BCUT2D eigenvalue weighted by atomic mass is 19.3. The minimum atomic E-state index is -2.62. The minimum Gasteiger partial charge on any atom is -0.368 e. The Hall–Kier alpha value is -3.30. The highest BCUT2D eigenvalue weighted by Gasteiger charge is 2.24. The quantitative estimate of drug-likeness (QED) is 0.662. The van der Waals surface area contributed by atoms with Gasteiger partial charge in [0, 0.05) is 37.9 Å². The number of hydrogen-bond acceptors (Lipinski definition) is 6. The number of carbonyl (C=O) groups is 1. The van der Waals surface area contributed by atoms with Crippen molar-refractivity contribution < 1.29 is 18.1 Å². The number of aromatic nitrogens is 3. The lowest BCUT2D eigenvalue weighted by Crippen LogP contribution is -2.48. The number of aryl methyl sites for hydroxylation is 1. The molecule has 1 aliphatic rings. The summed E-state index contributed by atoms with van der Waals surface area (Å²) in [6.07, 6.45) is -1.47. The number of halogens is 2. The first kappa shape index (κ1) is 19.0. The summed E-state index contributed by atoms with van der Waals surface area (Å²) in [6, 6.07) is 6.76. The lowest BCUT2D eigenvalue weighted by atomic mass is 10.2. The van der Waals surface area contributed by atoms with Crippen molar-refractivity contribution in [2.45, 2.75) is 19.9 Å².